The molecular weight excluding hydrogens is 729 g/mol. The average molecular weight is 805 g/mol. The second kappa shape index (κ2) is 24.1. The highest BCUT2D eigenvalue weighted by atomic mass is 16.6. The van der Waals surface area contributed by atoms with Crippen molar-refractivity contribution in [3.05, 3.63) is 35.9 Å². The van der Waals surface area contributed by atoms with Crippen LogP contribution in [-0.2, 0) is 39.8 Å². The molecule has 1 aliphatic rings. The fourth-order valence-corrected chi connectivity index (χ4v) is 8.21. The molecule has 0 bridgehead atoms. The van der Waals surface area contributed by atoms with Gasteiger partial charge in [-0.1, -0.05) is 85.2 Å². The number of nitrogens with two attached hydrogens (primary N) is 1. The molecule has 0 spiro atoms. The number of nitrogens with zero attached hydrogens (tertiary/aromatic N) is 3. The summed E-state index contributed by atoms with van der Waals surface area (Å²) in [4.78, 5) is 61.2. The minimum Gasteiger partial charge on any atom is -0.379 e. The van der Waals surface area contributed by atoms with E-state index in [9.17, 15) is 24.3 Å². The number of hydrogen-bond donors (Lipinski definition) is 4. The first-order valence-electron chi connectivity index (χ1n) is 20.8. The van der Waals surface area contributed by atoms with Crippen LogP contribution in [0.4, 0.5) is 0 Å². The highest BCUT2D eigenvalue weighted by molar-refractivity contribution is 5.90. The summed E-state index contributed by atoms with van der Waals surface area (Å²) in [7, 11) is 8.54. The highest BCUT2D eigenvalue weighted by Crippen LogP contribution is 2.30. The number of amides is 4. The average Bonchev–Trinajstić information content (AvgIpc) is 3.65. The maximum atomic E-state index is 14.3. The molecule has 1 aliphatic heterocycles. The molecule has 1 heterocycles. The lowest BCUT2D eigenvalue weighted by Crippen LogP contribution is -2.59. The molecule has 326 valence electrons. The summed E-state index contributed by atoms with van der Waals surface area (Å²) in [5.41, 5.74) is 6.66. The smallest absolute Gasteiger partial charge is 0.245 e. The molecule has 14 nitrogen and oxygen atoms in total. The van der Waals surface area contributed by atoms with E-state index in [2.05, 4.69) is 10.6 Å². The van der Waals surface area contributed by atoms with E-state index >= 15 is 0 Å². The van der Waals surface area contributed by atoms with E-state index in [1.165, 1.54) is 0 Å². The van der Waals surface area contributed by atoms with Gasteiger partial charge < -0.3 is 45.5 Å². The molecule has 1 fully saturated rings. The van der Waals surface area contributed by atoms with E-state index in [1.807, 2.05) is 90.9 Å². The van der Waals surface area contributed by atoms with Crippen LogP contribution in [0.15, 0.2) is 30.3 Å². The van der Waals surface area contributed by atoms with Gasteiger partial charge in [-0.05, 0) is 63.6 Å². The summed E-state index contributed by atoms with van der Waals surface area (Å²) in [5, 5.41) is 17.1. The Hall–Kier alpha value is -3.14. The van der Waals surface area contributed by atoms with Gasteiger partial charge in [-0.25, -0.2) is 0 Å². The minimum absolute atomic E-state index is 0.00735. The number of likely N-dealkylation sites (N-methyl/N-ethyl adjacent to an activating group) is 2. The molecule has 2 rings (SSSR count). The second-order valence-electron chi connectivity index (χ2n) is 16.8. The van der Waals surface area contributed by atoms with E-state index in [1.54, 1.807) is 44.9 Å². The number of ether oxygens (including phenoxy) is 3. The first kappa shape index (κ1) is 50.0. The number of hydrogen-bond acceptors (Lipinski definition) is 10. The van der Waals surface area contributed by atoms with Crippen molar-refractivity contribution in [1.29, 1.82) is 0 Å². The lowest BCUT2D eigenvalue weighted by molar-refractivity contribution is -0.155. The number of rotatable bonds is 24. The highest BCUT2D eigenvalue weighted by Gasteiger charge is 2.43. The third-order valence-electron chi connectivity index (χ3n) is 11.6. The Morgan fingerprint density at radius 1 is 0.930 bits per heavy atom. The zero-order chi connectivity index (χ0) is 43.1. The van der Waals surface area contributed by atoms with Crippen LogP contribution in [0.1, 0.15) is 86.6 Å². The van der Waals surface area contributed by atoms with Gasteiger partial charge in [-0.2, -0.15) is 0 Å². The number of aliphatic hydroxyl groups is 1. The number of likely N-dealkylation sites (tertiary alicyclic amines) is 1. The van der Waals surface area contributed by atoms with Crippen LogP contribution in [0.5, 0.6) is 0 Å². The van der Waals surface area contributed by atoms with Crippen LogP contribution in [-0.4, -0.2) is 147 Å². The molecule has 5 N–H and O–H groups in total. The van der Waals surface area contributed by atoms with Crippen molar-refractivity contribution in [3.63, 3.8) is 0 Å². The van der Waals surface area contributed by atoms with Crippen molar-refractivity contribution >= 4 is 23.6 Å². The van der Waals surface area contributed by atoms with Gasteiger partial charge >= 0.3 is 0 Å². The van der Waals surface area contributed by atoms with E-state index in [-0.39, 0.29) is 60.4 Å². The molecule has 4 amide bonds. The maximum Gasteiger partial charge on any atom is 0.245 e. The summed E-state index contributed by atoms with van der Waals surface area (Å²) in [6.07, 6.45) is -0.577. The Labute approximate surface area is 342 Å². The second-order valence-corrected chi connectivity index (χ2v) is 16.8. The lowest BCUT2D eigenvalue weighted by atomic mass is 9.89. The van der Waals surface area contributed by atoms with Crippen molar-refractivity contribution in [3.8, 4) is 0 Å². The van der Waals surface area contributed by atoms with Crippen molar-refractivity contribution in [2.45, 2.75) is 142 Å². The van der Waals surface area contributed by atoms with Gasteiger partial charge in [-0.3, -0.25) is 24.1 Å². The SMILES string of the molecule is CC[C@H](C)[C@@H]([C@@H](CC(=O)N1CCC[C@H]1[C@H](OC)[C@@H](C)C(=O)N[C@@H](Cc1ccccc1)C(O)OC(C)CN)OC)N(C)C(=O)[C@@H](NC(=O)[C@H](C(C)C)N(C)C)C(C)C. The van der Waals surface area contributed by atoms with Gasteiger partial charge in [0.15, 0.2) is 6.29 Å². The first-order valence-corrected chi connectivity index (χ1v) is 20.8. The van der Waals surface area contributed by atoms with E-state index in [4.69, 9.17) is 19.9 Å². The molecule has 0 radical (unpaired) electrons. The molecule has 1 saturated heterocycles. The quantitative estimate of drug-likeness (QED) is 0.114. The predicted molar refractivity (Wildman–Crippen MR) is 223 cm³/mol. The van der Waals surface area contributed by atoms with Crippen LogP contribution in [0.2, 0.25) is 0 Å². The van der Waals surface area contributed by atoms with Gasteiger partial charge in [0, 0.05) is 34.4 Å². The van der Waals surface area contributed by atoms with Gasteiger partial charge in [0.1, 0.15) is 6.04 Å². The van der Waals surface area contributed by atoms with Crippen LogP contribution >= 0.6 is 0 Å². The minimum atomic E-state index is -1.30. The topological polar surface area (TPSA) is 176 Å². The van der Waals surface area contributed by atoms with E-state index in [0.29, 0.717) is 19.4 Å². The first-order chi connectivity index (χ1) is 26.8. The van der Waals surface area contributed by atoms with Gasteiger partial charge in [0.05, 0.1) is 54.8 Å². The third kappa shape index (κ3) is 14.0. The number of nitrogens with one attached hydrogen (secondary N) is 2. The Morgan fingerprint density at radius 3 is 2.07 bits per heavy atom. The standard InChI is InChI=1S/C43H76N6O8/c1-14-28(6)38(48(11)42(53)36(26(2)3)46-41(52)37(27(4)5)47(9)10)34(55-12)24-35(50)49-22-18-21-33(49)39(56-13)30(8)40(51)45-32(43(54)57-29(7)25-44)23-31-19-16-15-17-20-31/h15-17,19-20,26-30,32-34,36-39,43,54H,14,18,21-25,44H2,1-13H3,(H,45,51)(H,46,52)/t28-,29?,30+,32-,33-,34+,36-,37-,38-,39+,43?/m0/s1. The number of methoxy groups -OCH3 is 2. The number of carbonyl (C=O) groups is 4. The van der Waals surface area contributed by atoms with Crippen molar-refractivity contribution in [1.82, 2.24) is 25.3 Å². The Balaban J connectivity index is 2.31. The number of carbonyl (C=O) groups excluding carboxylic acids is 4. The molecule has 11 atom stereocenters. The molecular formula is C43H76N6O8. The van der Waals surface area contributed by atoms with Crippen molar-refractivity contribution in [2.24, 2.45) is 29.4 Å². The van der Waals surface area contributed by atoms with Crippen LogP contribution < -0.4 is 16.4 Å². The molecule has 1 aromatic carbocycles. The molecule has 0 aromatic heterocycles. The molecule has 0 aliphatic carbocycles. The zero-order valence-corrected chi connectivity index (χ0v) is 37.1. The number of aliphatic hydroxyl groups excluding tert-OH is 1. The molecule has 0 saturated carbocycles. The summed E-state index contributed by atoms with van der Waals surface area (Å²) < 4.78 is 17.7. The third-order valence-corrected chi connectivity index (χ3v) is 11.6. The maximum absolute atomic E-state index is 14.3. The van der Waals surface area contributed by atoms with Crippen molar-refractivity contribution in [2.75, 3.05) is 48.5 Å². The Bertz CT molecular complexity index is 1370. The fourth-order valence-electron chi connectivity index (χ4n) is 8.21. The van der Waals surface area contributed by atoms with Gasteiger partial charge in [0.25, 0.3) is 0 Å². The van der Waals surface area contributed by atoms with Crippen LogP contribution in [0.3, 0.4) is 0 Å². The molecule has 57 heavy (non-hydrogen) atoms. The van der Waals surface area contributed by atoms with Crippen LogP contribution in [0, 0.1) is 23.7 Å². The zero-order valence-electron chi connectivity index (χ0n) is 37.1. The summed E-state index contributed by atoms with van der Waals surface area (Å²) in [5.74, 6) is -1.82. The largest absolute Gasteiger partial charge is 0.379 e. The molecule has 14 heteroatoms. The molecule has 1 aromatic rings. The Morgan fingerprint density at radius 2 is 1.56 bits per heavy atom. The van der Waals surface area contributed by atoms with Crippen molar-refractivity contribution < 1.29 is 38.5 Å². The summed E-state index contributed by atoms with van der Waals surface area (Å²) >= 11 is 0. The summed E-state index contributed by atoms with van der Waals surface area (Å²) in [6.45, 7) is 16.1. The number of benzene rings is 1. The van der Waals surface area contributed by atoms with Gasteiger partial charge in [0.2, 0.25) is 23.6 Å². The fraction of sp³-hybridized carbons (Fsp3) is 0.767. The summed E-state index contributed by atoms with van der Waals surface area (Å²) in [6, 6.07) is 6.73. The van der Waals surface area contributed by atoms with E-state index < -0.39 is 54.7 Å². The Kier molecular flexibility index (Phi) is 21.1. The predicted octanol–water partition coefficient (Wildman–Crippen LogP) is 3.04. The monoisotopic (exact) mass is 805 g/mol. The molecule has 2 unspecified atom stereocenters. The van der Waals surface area contributed by atoms with Gasteiger partial charge in [-0.15, -0.1) is 0 Å². The normalized spacial score (nSPS) is 20.0. The van der Waals surface area contributed by atoms with E-state index in [0.717, 1.165) is 18.4 Å². The van der Waals surface area contributed by atoms with Crippen LogP contribution in [0.25, 0.3) is 0 Å². The lowest BCUT2D eigenvalue weighted by Gasteiger charge is -2.41.